The molecule has 2 amide bonds. The minimum atomic E-state index is -0.110. The molecule has 0 aromatic heterocycles. The van der Waals surface area contributed by atoms with Gasteiger partial charge in [-0.3, -0.25) is 0 Å². The smallest absolute Gasteiger partial charge is 0.322 e. The number of nitrogens with one attached hydrogen (secondary N) is 1. The maximum atomic E-state index is 12.8. The third kappa shape index (κ3) is 5.40. The maximum absolute atomic E-state index is 12.8. The van der Waals surface area contributed by atoms with Crippen LogP contribution in [0.25, 0.3) is 0 Å². The molecule has 0 aliphatic carbocycles. The lowest BCUT2D eigenvalue weighted by Gasteiger charge is -2.37. The topological polar surface area (TPSA) is 44.8 Å². The van der Waals surface area contributed by atoms with Crippen LogP contribution < -0.4 is 10.1 Å². The number of benzene rings is 2. The second kappa shape index (κ2) is 9.80. The predicted molar refractivity (Wildman–Crippen MR) is 114 cm³/mol. The summed E-state index contributed by atoms with van der Waals surface area (Å²) >= 11 is 6.07. The average molecular weight is 402 g/mol. The van der Waals surface area contributed by atoms with Gasteiger partial charge < -0.3 is 19.9 Å². The number of rotatable bonds is 6. The van der Waals surface area contributed by atoms with Crippen molar-refractivity contribution in [3.63, 3.8) is 0 Å². The fourth-order valence-corrected chi connectivity index (χ4v) is 3.78. The van der Waals surface area contributed by atoms with Crippen molar-refractivity contribution in [1.29, 1.82) is 0 Å². The normalized spacial score (nSPS) is 16.9. The molecule has 1 unspecified atom stereocenters. The number of nitrogens with zero attached hydrogens (tertiary/aromatic N) is 2. The molecule has 2 aromatic rings. The molecule has 1 N–H and O–H groups in total. The minimum absolute atomic E-state index is 0.110. The van der Waals surface area contributed by atoms with Gasteiger partial charge in [0.25, 0.3) is 0 Å². The number of anilines is 1. The second-order valence-corrected chi connectivity index (χ2v) is 7.67. The zero-order valence-corrected chi connectivity index (χ0v) is 17.3. The van der Waals surface area contributed by atoms with Gasteiger partial charge in [0.05, 0.1) is 12.8 Å². The van der Waals surface area contributed by atoms with E-state index in [0.717, 1.165) is 38.9 Å². The summed E-state index contributed by atoms with van der Waals surface area (Å²) in [6, 6.07) is 16.0. The van der Waals surface area contributed by atoms with Gasteiger partial charge in [-0.25, -0.2) is 4.79 Å². The molecule has 1 heterocycles. The van der Waals surface area contributed by atoms with Crippen molar-refractivity contribution < 1.29 is 9.53 Å². The number of ether oxygens (including phenoxy) is 1. The van der Waals surface area contributed by atoms with Gasteiger partial charge in [-0.05, 0) is 50.1 Å². The molecule has 0 radical (unpaired) electrons. The first kappa shape index (κ1) is 20.5. The van der Waals surface area contributed by atoms with Gasteiger partial charge in [0.15, 0.2) is 0 Å². The van der Waals surface area contributed by atoms with Gasteiger partial charge in [-0.2, -0.15) is 0 Å². The third-order valence-electron chi connectivity index (χ3n) is 5.31. The Bertz CT molecular complexity index is 785. The van der Waals surface area contributed by atoms with Gasteiger partial charge in [-0.1, -0.05) is 41.9 Å². The number of methoxy groups -OCH3 is 1. The SMILES string of the molecule is COc1ccc(Cl)cc1NC(=O)N1CCCC(N(C)CCc2ccccc2)C1. The first-order valence-electron chi connectivity index (χ1n) is 9.70. The van der Waals surface area contributed by atoms with Crippen LogP contribution in [0.3, 0.4) is 0 Å². The number of urea groups is 1. The van der Waals surface area contributed by atoms with Crippen LogP contribution in [-0.4, -0.2) is 55.7 Å². The van der Waals surface area contributed by atoms with Crippen LogP contribution in [-0.2, 0) is 6.42 Å². The first-order chi connectivity index (χ1) is 13.6. The monoisotopic (exact) mass is 401 g/mol. The van der Waals surface area contributed by atoms with Gasteiger partial charge in [0.1, 0.15) is 5.75 Å². The number of carbonyl (C=O) groups is 1. The van der Waals surface area contributed by atoms with Gasteiger partial charge in [0.2, 0.25) is 0 Å². The van der Waals surface area contributed by atoms with Crippen LogP contribution in [0.15, 0.2) is 48.5 Å². The van der Waals surface area contributed by atoms with E-state index in [2.05, 4.69) is 41.5 Å². The van der Waals surface area contributed by atoms with E-state index >= 15 is 0 Å². The Morgan fingerprint density at radius 3 is 2.82 bits per heavy atom. The highest BCUT2D eigenvalue weighted by atomic mass is 35.5. The molecule has 3 rings (SSSR count). The Labute approximate surface area is 172 Å². The summed E-state index contributed by atoms with van der Waals surface area (Å²) in [7, 11) is 3.73. The first-order valence-corrected chi connectivity index (χ1v) is 10.1. The number of amides is 2. The lowest BCUT2D eigenvalue weighted by molar-refractivity contribution is 0.133. The highest BCUT2D eigenvalue weighted by Gasteiger charge is 2.26. The van der Waals surface area contributed by atoms with Crippen LogP contribution in [0, 0.1) is 0 Å². The van der Waals surface area contributed by atoms with Crippen molar-refractivity contribution in [3.05, 3.63) is 59.1 Å². The van der Waals surface area contributed by atoms with Crippen molar-refractivity contribution in [2.24, 2.45) is 0 Å². The molecule has 6 heteroatoms. The quantitative estimate of drug-likeness (QED) is 0.774. The fraction of sp³-hybridized carbons (Fsp3) is 0.409. The molecule has 0 spiro atoms. The van der Waals surface area contributed by atoms with Crippen LogP contribution in [0.5, 0.6) is 5.75 Å². The average Bonchev–Trinajstić information content (AvgIpc) is 2.73. The Morgan fingerprint density at radius 1 is 1.29 bits per heavy atom. The summed E-state index contributed by atoms with van der Waals surface area (Å²) in [5.74, 6) is 0.603. The lowest BCUT2D eigenvalue weighted by Crippen LogP contribution is -2.50. The number of piperidine rings is 1. The molecule has 1 atom stereocenters. The molecule has 1 fully saturated rings. The summed E-state index contributed by atoms with van der Waals surface area (Å²) < 4.78 is 5.32. The molecule has 2 aromatic carbocycles. The summed E-state index contributed by atoms with van der Waals surface area (Å²) in [6.07, 6.45) is 3.12. The Hall–Kier alpha value is -2.24. The zero-order chi connectivity index (χ0) is 19.9. The van der Waals surface area contributed by atoms with Crippen molar-refractivity contribution in [2.45, 2.75) is 25.3 Å². The van der Waals surface area contributed by atoms with E-state index in [1.165, 1.54) is 5.56 Å². The molecule has 28 heavy (non-hydrogen) atoms. The zero-order valence-electron chi connectivity index (χ0n) is 16.5. The van der Waals surface area contributed by atoms with Crippen LogP contribution >= 0.6 is 11.6 Å². The van der Waals surface area contributed by atoms with E-state index in [1.807, 2.05) is 11.0 Å². The van der Waals surface area contributed by atoms with Crippen molar-refractivity contribution in [3.8, 4) is 5.75 Å². The van der Waals surface area contributed by atoms with Crippen molar-refractivity contribution in [2.75, 3.05) is 39.1 Å². The summed E-state index contributed by atoms with van der Waals surface area (Å²) in [4.78, 5) is 17.0. The molecule has 1 aliphatic heterocycles. The van der Waals surface area contributed by atoms with Crippen LogP contribution in [0.2, 0.25) is 5.02 Å². The van der Waals surface area contributed by atoms with Gasteiger partial charge in [0, 0.05) is 30.7 Å². The largest absolute Gasteiger partial charge is 0.495 e. The van der Waals surface area contributed by atoms with E-state index in [0.29, 0.717) is 22.5 Å². The van der Waals surface area contributed by atoms with E-state index < -0.39 is 0 Å². The molecule has 150 valence electrons. The van der Waals surface area contributed by atoms with Gasteiger partial charge >= 0.3 is 6.03 Å². The van der Waals surface area contributed by atoms with Crippen molar-refractivity contribution >= 4 is 23.3 Å². The predicted octanol–water partition coefficient (Wildman–Crippen LogP) is 4.52. The fourth-order valence-electron chi connectivity index (χ4n) is 3.60. The minimum Gasteiger partial charge on any atom is -0.495 e. The van der Waals surface area contributed by atoms with Crippen LogP contribution in [0.1, 0.15) is 18.4 Å². The van der Waals surface area contributed by atoms with Crippen LogP contribution in [0.4, 0.5) is 10.5 Å². The summed E-state index contributed by atoms with van der Waals surface area (Å²) in [6.45, 7) is 2.46. The van der Waals surface area contributed by atoms with E-state index in [4.69, 9.17) is 16.3 Å². The Morgan fingerprint density at radius 2 is 2.07 bits per heavy atom. The molecule has 1 saturated heterocycles. The molecular weight excluding hydrogens is 374 g/mol. The molecular formula is C22H28ClN3O2. The number of carbonyl (C=O) groups excluding carboxylic acids is 1. The number of likely N-dealkylation sites (N-methyl/N-ethyl adjacent to an activating group) is 1. The lowest BCUT2D eigenvalue weighted by atomic mass is 10.0. The highest BCUT2D eigenvalue weighted by Crippen LogP contribution is 2.28. The van der Waals surface area contributed by atoms with Gasteiger partial charge in [-0.15, -0.1) is 0 Å². The Balaban J connectivity index is 1.56. The standard InChI is InChI=1S/C22H28ClN3O2/c1-25(14-12-17-7-4-3-5-8-17)19-9-6-13-26(16-19)22(27)24-20-15-18(23)10-11-21(20)28-2/h3-5,7-8,10-11,15,19H,6,9,12-14,16H2,1-2H3,(H,24,27). The highest BCUT2D eigenvalue weighted by molar-refractivity contribution is 6.31. The number of halogens is 1. The van der Waals surface area contributed by atoms with E-state index in [9.17, 15) is 4.79 Å². The van der Waals surface area contributed by atoms with Crippen molar-refractivity contribution in [1.82, 2.24) is 9.80 Å². The third-order valence-corrected chi connectivity index (χ3v) is 5.54. The van der Waals surface area contributed by atoms with E-state index in [-0.39, 0.29) is 6.03 Å². The maximum Gasteiger partial charge on any atom is 0.322 e. The summed E-state index contributed by atoms with van der Waals surface area (Å²) in [5.41, 5.74) is 1.94. The molecule has 5 nitrogen and oxygen atoms in total. The second-order valence-electron chi connectivity index (χ2n) is 7.23. The summed E-state index contributed by atoms with van der Waals surface area (Å²) in [5, 5.41) is 3.51. The number of hydrogen-bond acceptors (Lipinski definition) is 3. The molecule has 0 bridgehead atoms. The number of hydrogen-bond donors (Lipinski definition) is 1. The Kier molecular flexibility index (Phi) is 7.18. The van der Waals surface area contributed by atoms with E-state index in [1.54, 1.807) is 25.3 Å². The number of likely N-dealkylation sites (tertiary alicyclic amines) is 1. The molecule has 1 aliphatic rings. The molecule has 0 saturated carbocycles.